The van der Waals surface area contributed by atoms with Crippen LogP contribution in [-0.4, -0.2) is 17.7 Å². The number of halogens is 3. The minimum absolute atomic E-state index is 0.129. The summed E-state index contributed by atoms with van der Waals surface area (Å²) in [5.41, 5.74) is 0.0563. The number of hydrogen-bond donors (Lipinski definition) is 1. The number of hydrogen-bond acceptors (Lipinski definition) is 3. The van der Waals surface area contributed by atoms with E-state index in [0.717, 1.165) is 0 Å². The second-order valence-corrected chi connectivity index (χ2v) is 7.04. The third-order valence-corrected chi connectivity index (χ3v) is 4.80. The Kier molecular flexibility index (Phi) is 6.40. The van der Waals surface area contributed by atoms with Crippen LogP contribution in [0.5, 0.6) is 5.75 Å². The van der Waals surface area contributed by atoms with Crippen LogP contribution >= 0.6 is 11.6 Å². The summed E-state index contributed by atoms with van der Waals surface area (Å²) < 4.78 is 29.3. The van der Waals surface area contributed by atoms with Crippen molar-refractivity contribution >= 4 is 17.6 Å². The number of nitriles is 1. The quantitative estimate of drug-likeness (QED) is 0.699. The Morgan fingerprint density at radius 3 is 2.37 bits per heavy atom. The number of rotatable bonds is 7. The number of alkyl halides is 2. The first-order valence-corrected chi connectivity index (χ1v) is 8.48. The summed E-state index contributed by atoms with van der Waals surface area (Å²) in [4.78, 5) is 12.1. The SMILES string of the molecule is CC(C)(c1ccc(Cl)cc1)C(C(=O)O)C(C#N)c1cccc(OC(F)F)c1. The van der Waals surface area contributed by atoms with Crippen LogP contribution in [0.15, 0.2) is 48.5 Å². The van der Waals surface area contributed by atoms with Crippen LogP contribution in [0.4, 0.5) is 8.78 Å². The first-order valence-electron chi connectivity index (χ1n) is 8.10. The molecule has 0 spiro atoms. The van der Waals surface area contributed by atoms with E-state index in [2.05, 4.69) is 4.74 Å². The second kappa shape index (κ2) is 8.36. The molecule has 4 nitrogen and oxygen atoms in total. The first kappa shape index (κ1) is 20.7. The van der Waals surface area contributed by atoms with Gasteiger partial charge in [0.25, 0.3) is 0 Å². The van der Waals surface area contributed by atoms with E-state index in [4.69, 9.17) is 11.6 Å². The lowest BCUT2D eigenvalue weighted by Gasteiger charge is -2.35. The molecular formula is C20H18ClF2NO3. The van der Waals surface area contributed by atoms with E-state index in [1.165, 1.54) is 24.3 Å². The maximum absolute atomic E-state index is 12.5. The Labute approximate surface area is 161 Å². The highest BCUT2D eigenvalue weighted by Gasteiger charge is 2.43. The molecule has 2 rings (SSSR count). The summed E-state index contributed by atoms with van der Waals surface area (Å²) >= 11 is 5.90. The summed E-state index contributed by atoms with van der Waals surface area (Å²) in [7, 11) is 0. The lowest BCUT2D eigenvalue weighted by Crippen LogP contribution is -2.38. The van der Waals surface area contributed by atoms with E-state index in [-0.39, 0.29) is 5.75 Å². The molecule has 2 unspecified atom stereocenters. The van der Waals surface area contributed by atoms with Gasteiger partial charge in [0.1, 0.15) is 5.75 Å². The molecule has 0 heterocycles. The Balaban J connectivity index is 2.48. The molecule has 0 radical (unpaired) electrons. The molecule has 0 bridgehead atoms. The number of carbonyl (C=O) groups is 1. The smallest absolute Gasteiger partial charge is 0.387 e. The van der Waals surface area contributed by atoms with Crippen molar-refractivity contribution in [3.63, 3.8) is 0 Å². The highest BCUT2D eigenvalue weighted by atomic mass is 35.5. The van der Waals surface area contributed by atoms with Crippen molar-refractivity contribution < 1.29 is 23.4 Å². The molecule has 0 amide bonds. The standard InChI is InChI=1S/C20H18ClF2NO3/c1-20(2,13-6-8-14(21)9-7-13)17(18(25)26)16(11-24)12-4-3-5-15(10-12)27-19(22)23/h3-10,16-17,19H,1-2H3,(H,25,26). The van der Waals surface area contributed by atoms with Gasteiger partial charge in [-0.2, -0.15) is 14.0 Å². The summed E-state index contributed by atoms with van der Waals surface area (Å²) in [5.74, 6) is -3.50. The van der Waals surface area contributed by atoms with Gasteiger partial charge in [0.05, 0.1) is 17.9 Å². The van der Waals surface area contributed by atoms with E-state index >= 15 is 0 Å². The summed E-state index contributed by atoms with van der Waals surface area (Å²) in [6.45, 7) is 0.430. The van der Waals surface area contributed by atoms with E-state index in [9.17, 15) is 23.9 Å². The number of carboxylic acids is 1. The van der Waals surface area contributed by atoms with Gasteiger partial charge >= 0.3 is 12.6 Å². The minimum atomic E-state index is -3.01. The molecule has 0 fully saturated rings. The molecule has 7 heteroatoms. The van der Waals surface area contributed by atoms with Crippen molar-refractivity contribution in [1.29, 1.82) is 5.26 Å². The lowest BCUT2D eigenvalue weighted by atomic mass is 9.66. The van der Waals surface area contributed by atoms with E-state index < -0.39 is 29.8 Å². The highest BCUT2D eigenvalue weighted by molar-refractivity contribution is 6.30. The van der Waals surface area contributed by atoms with Gasteiger partial charge in [-0.25, -0.2) is 0 Å². The maximum atomic E-state index is 12.5. The molecule has 2 atom stereocenters. The zero-order valence-corrected chi connectivity index (χ0v) is 15.5. The van der Waals surface area contributed by atoms with Gasteiger partial charge in [0.2, 0.25) is 0 Å². The van der Waals surface area contributed by atoms with Crippen LogP contribution in [0.1, 0.15) is 30.9 Å². The molecule has 0 saturated carbocycles. The predicted octanol–water partition coefficient (Wildman–Crippen LogP) is 5.23. The zero-order valence-electron chi connectivity index (χ0n) is 14.7. The van der Waals surface area contributed by atoms with Crippen molar-refractivity contribution in [1.82, 2.24) is 0 Å². The predicted molar refractivity (Wildman–Crippen MR) is 97.0 cm³/mol. The molecule has 0 aromatic heterocycles. The average molecular weight is 394 g/mol. The van der Waals surface area contributed by atoms with E-state index in [1.54, 1.807) is 38.1 Å². The van der Waals surface area contributed by atoms with Crippen molar-refractivity contribution in [2.24, 2.45) is 5.92 Å². The Bertz CT molecular complexity index is 847. The van der Waals surface area contributed by atoms with Crippen LogP contribution in [0, 0.1) is 17.2 Å². The molecular weight excluding hydrogens is 376 g/mol. The lowest BCUT2D eigenvalue weighted by molar-refractivity contribution is -0.144. The minimum Gasteiger partial charge on any atom is -0.481 e. The molecule has 2 aromatic rings. The molecule has 0 aliphatic rings. The van der Waals surface area contributed by atoms with Gasteiger partial charge in [-0.15, -0.1) is 0 Å². The van der Waals surface area contributed by atoms with Gasteiger partial charge in [0, 0.05) is 10.4 Å². The average Bonchev–Trinajstić information content (AvgIpc) is 2.59. The summed E-state index contributed by atoms with van der Waals surface area (Å²) in [6, 6.07) is 14.3. The topological polar surface area (TPSA) is 70.3 Å². The van der Waals surface area contributed by atoms with E-state index in [1.807, 2.05) is 6.07 Å². The Hall–Kier alpha value is -2.65. The van der Waals surface area contributed by atoms with Gasteiger partial charge in [-0.05, 0) is 35.4 Å². The monoisotopic (exact) mass is 393 g/mol. The summed E-state index contributed by atoms with van der Waals surface area (Å²) in [6.07, 6.45) is 0. The Morgan fingerprint density at radius 2 is 1.85 bits per heavy atom. The molecule has 142 valence electrons. The van der Waals surface area contributed by atoms with Crippen LogP contribution in [0.25, 0.3) is 0 Å². The molecule has 0 saturated heterocycles. The number of aliphatic carboxylic acids is 1. The molecule has 0 aliphatic heterocycles. The van der Waals surface area contributed by atoms with Crippen LogP contribution in [-0.2, 0) is 10.2 Å². The fourth-order valence-corrected chi connectivity index (χ4v) is 3.28. The van der Waals surface area contributed by atoms with Gasteiger partial charge < -0.3 is 9.84 Å². The largest absolute Gasteiger partial charge is 0.481 e. The molecule has 2 aromatic carbocycles. The van der Waals surface area contributed by atoms with Crippen molar-refractivity contribution in [2.75, 3.05) is 0 Å². The molecule has 27 heavy (non-hydrogen) atoms. The van der Waals surface area contributed by atoms with Crippen LogP contribution < -0.4 is 4.74 Å². The fourth-order valence-electron chi connectivity index (χ4n) is 3.15. The maximum Gasteiger partial charge on any atom is 0.387 e. The third-order valence-electron chi connectivity index (χ3n) is 4.55. The van der Waals surface area contributed by atoms with Crippen molar-refractivity contribution in [3.05, 3.63) is 64.7 Å². The number of benzene rings is 2. The number of ether oxygens (including phenoxy) is 1. The van der Waals surface area contributed by atoms with Crippen molar-refractivity contribution in [2.45, 2.75) is 31.8 Å². The molecule has 1 N–H and O–H groups in total. The normalized spacial score (nSPS) is 13.7. The third kappa shape index (κ3) is 4.75. The molecule has 0 aliphatic carbocycles. The van der Waals surface area contributed by atoms with Crippen LogP contribution in [0.3, 0.4) is 0 Å². The number of nitrogens with zero attached hydrogens (tertiary/aromatic N) is 1. The first-order chi connectivity index (χ1) is 12.7. The highest BCUT2D eigenvalue weighted by Crippen LogP contribution is 2.41. The van der Waals surface area contributed by atoms with Gasteiger partial charge in [-0.1, -0.05) is 49.7 Å². The van der Waals surface area contributed by atoms with Crippen LogP contribution in [0.2, 0.25) is 5.02 Å². The van der Waals surface area contributed by atoms with Gasteiger partial charge in [-0.3, -0.25) is 4.79 Å². The van der Waals surface area contributed by atoms with E-state index in [0.29, 0.717) is 16.1 Å². The number of carboxylic acid groups (broad SMARTS) is 1. The van der Waals surface area contributed by atoms with Gasteiger partial charge in [0.15, 0.2) is 0 Å². The zero-order chi connectivity index (χ0) is 20.2. The Morgan fingerprint density at radius 1 is 1.22 bits per heavy atom. The fraction of sp³-hybridized carbons (Fsp3) is 0.300. The van der Waals surface area contributed by atoms with Crippen molar-refractivity contribution in [3.8, 4) is 11.8 Å². The summed E-state index contributed by atoms with van der Waals surface area (Å²) in [5, 5.41) is 20.1. The second-order valence-electron chi connectivity index (χ2n) is 6.60.